The Bertz CT molecular complexity index is 190. The molecule has 0 saturated heterocycles. The second-order valence-electron chi connectivity index (χ2n) is 3.27. The van der Waals surface area contributed by atoms with E-state index in [2.05, 4.69) is 10.1 Å². The maximum atomic E-state index is 11.8. The van der Waals surface area contributed by atoms with Gasteiger partial charge >= 0.3 is 12.4 Å². The van der Waals surface area contributed by atoms with Gasteiger partial charge in [-0.15, -0.1) is 0 Å². The molecular weight excluding hydrogens is 240 g/mol. The molecule has 0 aliphatic carbocycles. The van der Waals surface area contributed by atoms with Crippen LogP contribution in [0.2, 0.25) is 0 Å². The lowest BCUT2D eigenvalue weighted by Gasteiger charge is -2.17. The Hall–Kier alpha value is -0.500. The van der Waals surface area contributed by atoms with Crippen LogP contribution in [0.1, 0.15) is 12.8 Å². The van der Waals surface area contributed by atoms with Gasteiger partial charge in [0, 0.05) is 12.5 Å². The molecule has 0 heterocycles. The van der Waals surface area contributed by atoms with Gasteiger partial charge in [0.15, 0.2) is 0 Å². The third kappa shape index (κ3) is 10.0. The largest absolute Gasteiger partial charge is 0.411 e. The van der Waals surface area contributed by atoms with Crippen LogP contribution in [0.3, 0.4) is 0 Å². The molecule has 1 atom stereocenters. The first-order chi connectivity index (χ1) is 7.14. The summed E-state index contributed by atoms with van der Waals surface area (Å²) in [5, 5.41) is 2.47. The molecule has 0 rings (SSSR count). The molecule has 0 aromatic rings. The average molecular weight is 253 g/mol. The number of ether oxygens (including phenoxy) is 1. The third-order valence-corrected chi connectivity index (χ3v) is 1.77. The summed E-state index contributed by atoms with van der Waals surface area (Å²) in [4.78, 5) is 0. The lowest BCUT2D eigenvalue weighted by molar-refractivity contribution is -0.176. The monoisotopic (exact) mass is 253 g/mol. The fourth-order valence-corrected chi connectivity index (χ4v) is 0.966. The van der Waals surface area contributed by atoms with E-state index < -0.39 is 38.0 Å². The van der Waals surface area contributed by atoms with Gasteiger partial charge in [-0.05, 0) is 13.5 Å². The highest BCUT2D eigenvalue weighted by atomic mass is 19.4. The van der Waals surface area contributed by atoms with E-state index in [1.54, 1.807) is 0 Å². The van der Waals surface area contributed by atoms with Gasteiger partial charge in [0.25, 0.3) is 0 Å². The smallest absolute Gasteiger partial charge is 0.370 e. The van der Waals surface area contributed by atoms with Crippen molar-refractivity contribution in [3.8, 4) is 0 Å². The number of alkyl halides is 6. The third-order valence-electron chi connectivity index (χ3n) is 1.77. The highest BCUT2D eigenvalue weighted by Crippen LogP contribution is 2.22. The van der Waals surface area contributed by atoms with E-state index in [9.17, 15) is 26.3 Å². The summed E-state index contributed by atoms with van der Waals surface area (Å²) in [5.74, 6) is 0. The number of hydrogen-bond acceptors (Lipinski definition) is 2. The molecule has 8 heteroatoms. The molecule has 0 aliphatic rings. The van der Waals surface area contributed by atoms with E-state index in [0.717, 1.165) is 0 Å². The van der Waals surface area contributed by atoms with E-state index in [0.29, 0.717) is 0 Å². The van der Waals surface area contributed by atoms with Gasteiger partial charge < -0.3 is 10.1 Å². The molecule has 0 bridgehead atoms. The van der Waals surface area contributed by atoms with Crippen molar-refractivity contribution in [1.29, 1.82) is 0 Å². The molecule has 0 spiro atoms. The van der Waals surface area contributed by atoms with Crippen molar-refractivity contribution in [1.82, 2.24) is 5.32 Å². The zero-order chi connectivity index (χ0) is 12.8. The summed E-state index contributed by atoms with van der Waals surface area (Å²) >= 11 is 0. The van der Waals surface area contributed by atoms with E-state index in [1.807, 2.05) is 0 Å². The maximum Gasteiger partial charge on any atom is 0.411 e. The summed E-state index contributed by atoms with van der Waals surface area (Å²) in [6.45, 7) is -1.84. The highest BCUT2D eigenvalue weighted by molar-refractivity contribution is 4.66. The van der Waals surface area contributed by atoms with Crippen molar-refractivity contribution in [2.24, 2.45) is 0 Å². The number of nitrogens with one attached hydrogen (secondary N) is 1. The Labute approximate surface area is 89.0 Å². The molecule has 0 amide bonds. The predicted octanol–water partition coefficient (Wildman–Crippen LogP) is 2.50. The predicted molar refractivity (Wildman–Crippen MR) is 45.0 cm³/mol. The van der Waals surface area contributed by atoms with Gasteiger partial charge in [0.1, 0.15) is 6.61 Å². The summed E-state index contributed by atoms with van der Waals surface area (Å²) in [6, 6.07) is -0.732. The molecule has 98 valence electrons. The molecule has 1 unspecified atom stereocenters. The minimum Gasteiger partial charge on any atom is -0.370 e. The molecule has 0 aliphatic heterocycles. The van der Waals surface area contributed by atoms with Crippen molar-refractivity contribution in [3.63, 3.8) is 0 Å². The number of likely N-dealkylation sites (N-methyl/N-ethyl adjacent to an activating group) is 1. The van der Waals surface area contributed by atoms with Crippen LogP contribution < -0.4 is 5.32 Å². The molecule has 1 N–H and O–H groups in total. The van der Waals surface area contributed by atoms with Crippen LogP contribution in [0.25, 0.3) is 0 Å². The molecule has 16 heavy (non-hydrogen) atoms. The first kappa shape index (κ1) is 15.5. The molecule has 2 nitrogen and oxygen atoms in total. The van der Waals surface area contributed by atoms with E-state index in [4.69, 9.17) is 0 Å². The Morgan fingerprint density at radius 1 is 1.06 bits per heavy atom. The van der Waals surface area contributed by atoms with Crippen LogP contribution >= 0.6 is 0 Å². The summed E-state index contributed by atoms with van der Waals surface area (Å²) in [5.41, 5.74) is 0. The second-order valence-corrected chi connectivity index (χ2v) is 3.27. The van der Waals surface area contributed by atoms with E-state index in [1.165, 1.54) is 7.05 Å². The fraction of sp³-hybridized carbons (Fsp3) is 1.00. The van der Waals surface area contributed by atoms with Gasteiger partial charge in [0.2, 0.25) is 0 Å². The molecule has 0 fully saturated rings. The normalized spacial score (nSPS) is 15.2. The van der Waals surface area contributed by atoms with Crippen molar-refractivity contribution in [3.05, 3.63) is 0 Å². The Morgan fingerprint density at radius 2 is 1.62 bits per heavy atom. The SMILES string of the molecule is CNC(CCC(F)(F)F)COCC(F)(F)F. The van der Waals surface area contributed by atoms with Crippen LogP contribution in [0.4, 0.5) is 26.3 Å². The van der Waals surface area contributed by atoms with Crippen molar-refractivity contribution < 1.29 is 31.1 Å². The number of rotatable bonds is 6. The van der Waals surface area contributed by atoms with Gasteiger partial charge in [-0.3, -0.25) is 0 Å². The summed E-state index contributed by atoms with van der Waals surface area (Å²) < 4.78 is 74.7. The quantitative estimate of drug-likeness (QED) is 0.734. The minimum absolute atomic E-state index is 0.308. The highest BCUT2D eigenvalue weighted by Gasteiger charge is 2.30. The first-order valence-corrected chi connectivity index (χ1v) is 4.52. The summed E-state index contributed by atoms with van der Waals surface area (Å²) in [7, 11) is 1.37. The Morgan fingerprint density at radius 3 is 2.00 bits per heavy atom. The number of hydrogen-bond donors (Lipinski definition) is 1. The average Bonchev–Trinajstić information content (AvgIpc) is 2.07. The molecular formula is C8H13F6NO. The maximum absolute atomic E-state index is 11.8. The zero-order valence-corrected chi connectivity index (χ0v) is 8.58. The van der Waals surface area contributed by atoms with Gasteiger partial charge in [0.05, 0.1) is 6.61 Å². The first-order valence-electron chi connectivity index (χ1n) is 4.52. The zero-order valence-electron chi connectivity index (χ0n) is 8.58. The van der Waals surface area contributed by atoms with Gasteiger partial charge in [-0.25, -0.2) is 0 Å². The van der Waals surface area contributed by atoms with Crippen molar-refractivity contribution in [2.45, 2.75) is 31.2 Å². The van der Waals surface area contributed by atoms with Crippen LogP contribution in [0.15, 0.2) is 0 Å². The second kappa shape index (κ2) is 6.29. The Balaban J connectivity index is 3.76. The lowest BCUT2D eigenvalue weighted by Crippen LogP contribution is -2.33. The van der Waals surface area contributed by atoms with Crippen LogP contribution in [0.5, 0.6) is 0 Å². The fourth-order valence-electron chi connectivity index (χ4n) is 0.966. The van der Waals surface area contributed by atoms with E-state index >= 15 is 0 Å². The van der Waals surface area contributed by atoms with Crippen LogP contribution in [0, 0.1) is 0 Å². The topological polar surface area (TPSA) is 21.3 Å². The van der Waals surface area contributed by atoms with Crippen LogP contribution in [-0.4, -0.2) is 38.7 Å². The molecule has 0 radical (unpaired) electrons. The molecule has 0 aromatic heterocycles. The number of halogens is 6. The van der Waals surface area contributed by atoms with Crippen LogP contribution in [-0.2, 0) is 4.74 Å². The minimum atomic E-state index is -4.46. The van der Waals surface area contributed by atoms with Gasteiger partial charge in [-0.2, -0.15) is 26.3 Å². The van der Waals surface area contributed by atoms with Crippen molar-refractivity contribution in [2.75, 3.05) is 20.3 Å². The van der Waals surface area contributed by atoms with Crippen molar-refractivity contribution >= 4 is 0 Å². The lowest BCUT2D eigenvalue weighted by atomic mass is 10.1. The standard InChI is InChI=1S/C8H13F6NO/c1-15-6(2-3-7(9,10)11)4-16-5-8(12,13)14/h6,15H,2-5H2,1H3. The van der Waals surface area contributed by atoms with E-state index in [-0.39, 0.29) is 6.42 Å². The Kier molecular flexibility index (Phi) is 6.09. The molecule has 0 saturated carbocycles. The summed E-state index contributed by atoms with van der Waals surface area (Å²) in [6.07, 6.45) is -10.1. The van der Waals surface area contributed by atoms with Gasteiger partial charge in [-0.1, -0.05) is 0 Å². The molecule has 0 aromatic carbocycles.